The van der Waals surface area contributed by atoms with Crippen molar-refractivity contribution in [1.29, 1.82) is 0 Å². The zero-order valence-corrected chi connectivity index (χ0v) is 12.3. The summed E-state index contributed by atoms with van der Waals surface area (Å²) < 4.78 is 0. The molecule has 1 aromatic rings. The van der Waals surface area contributed by atoms with E-state index in [0.717, 1.165) is 12.1 Å². The molecule has 1 amide bonds. The number of carbonyl (C=O) groups is 1. The van der Waals surface area contributed by atoms with E-state index in [1.807, 2.05) is 20.8 Å². The summed E-state index contributed by atoms with van der Waals surface area (Å²) in [4.78, 5) is 22.4. The summed E-state index contributed by atoms with van der Waals surface area (Å²) in [6.45, 7) is 8.20. The number of nitrogens with one attached hydrogen (secondary N) is 2. The van der Waals surface area contributed by atoms with E-state index >= 15 is 0 Å². The number of benzene rings is 1. The average molecular weight is 279 g/mol. The summed E-state index contributed by atoms with van der Waals surface area (Å²) in [6, 6.07) is 3.20. The molecule has 6 nitrogen and oxygen atoms in total. The highest BCUT2D eigenvalue weighted by atomic mass is 16.6. The summed E-state index contributed by atoms with van der Waals surface area (Å²) in [7, 11) is 0. The van der Waals surface area contributed by atoms with Crippen LogP contribution in [-0.2, 0) is 4.79 Å². The molecule has 0 aliphatic rings. The molecule has 1 atom stereocenters. The number of carbonyl (C=O) groups excluding carboxylic acids is 1. The maximum atomic E-state index is 11.9. The van der Waals surface area contributed by atoms with Gasteiger partial charge in [-0.1, -0.05) is 6.92 Å². The van der Waals surface area contributed by atoms with Gasteiger partial charge in [-0.15, -0.1) is 0 Å². The summed E-state index contributed by atoms with van der Waals surface area (Å²) in [6.07, 6.45) is 0.328. The SMILES string of the molecule is CCNC(C)CC(=O)Nc1cc([N+](=O)[O-])c(C)cc1C. The lowest BCUT2D eigenvalue weighted by Crippen LogP contribution is -2.30. The molecule has 2 N–H and O–H groups in total. The number of nitrogens with zero attached hydrogens (tertiary/aromatic N) is 1. The van der Waals surface area contributed by atoms with Crippen LogP contribution in [0, 0.1) is 24.0 Å². The third-order valence-electron chi connectivity index (χ3n) is 3.06. The average Bonchev–Trinajstić information content (AvgIpc) is 2.32. The van der Waals surface area contributed by atoms with E-state index in [4.69, 9.17) is 0 Å². The number of hydrogen-bond donors (Lipinski definition) is 2. The third kappa shape index (κ3) is 4.31. The Kier molecular flexibility index (Phi) is 5.64. The molecule has 110 valence electrons. The number of aryl methyl sites for hydroxylation is 2. The van der Waals surface area contributed by atoms with Gasteiger partial charge in [0.1, 0.15) is 0 Å². The first-order chi connectivity index (χ1) is 9.35. The normalized spacial score (nSPS) is 12.0. The second-order valence-corrected chi connectivity index (χ2v) is 4.92. The molecular weight excluding hydrogens is 258 g/mol. The molecule has 1 unspecified atom stereocenters. The van der Waals surface area contributed by atoms with Crippen LogP contribution >= 0.6 is 0 Å². The van der Waals surface area contributed by atoms with Crippen LogP contribution < -0.4 is 10.6 Å². The lowest BCUT2D eigenvalue weighted by Gasteiger charge is -2.13. The Balaban J connectivity index is 2.84. The van der Waals surface area contributed by atoms with Gasteiger partial charge in [-0.3, -0.25) is 14.9 Å². The van der Waals surface area contributed by atoms with Gasteiger partial charge in [-0.2, -0.15) is 0 Å². The topological polar surface area (TPSA) is 84.3 Å². The van der Waals surface area contributed by atoms with Crippen molar-refractivity contribution in [3.8, 4) is 0 Å². The Hall–Kier alpha value is -1.95. The monoisotopic (exact) mass is 279 g/mol. The quantitative estimate of drug-likeness (QED) is 0.619. The van der Waals surface area contributed by atoms with Gasteiger partial charge < -0.3 is 10.6 Å². The van der Waals surface area contributed by atoms with Crippen LogP contribution in [0.3, 0.4) is 0 Å². The first-order valence-corrected chi connectivity index (χ1v) is 6.64. The Labute approximate surface area is 118 Å². The molecule has 0 aliphatic heterocycles. The first kappa shape index (κ1) is 16.1. The van der Waals surface area contributed by atoms with Crippen molar-refractivity contribution in [3.05, 3.63) is 33.4 Å². The predicted molar refractivity (Wildman–Crippen MR) is 79.0 cm³/mol. The van der Waals surface area contributed by atoms with E-state index in [2.05, 4.69) is 10.6 Å². The van der Waals surface area contributed by atoms with Crippen molar-refractivity contribution in [1.82, 2.24) is 5.32 Å². The molecule has 0 bridgehead atoms. The van der Waals surface area contributed by atoms with E-state index in [1.165, 1.54) is 6.07 Å². The summed E-state index contributed by atoms with van der Waals surface area (Å²) in [5.41, 5.74) is 1.92. The molecule has 0 spiro atoms. The van der Waals surface area contributed by atoms with Crippen LogP contribution in [0.4, 0.5) is 11.4 Å². The molecule has 0 fully saturated rings. The fourth-order valence-corrected chi connectivity index (χ4v) is 2.07. The van der Waals surface area contributed by atoms with E-state index in [9.17, 15) is 14.9 Å². The van der Waals surface area contributed by atoms with Crippen molar-refractivity contribution in [2.24, 2.45) is 0 Å². The van der Waals surface area contributed by atoms with Gasteiger partial charge >= 0.3 is 0 Å². The fourth-order valence-electron chi connectivity index (χ4n) is 2.07. The Morgan fingerprint density at radius 3 is 2.55 bits per heavy atom. The van der Waals surface area contributed by atoms with Gasteiger partial charge in [0.15, 0.2) is 0 Å². The molecule has 1 rings (SSSR count). The minimum atomic E-state index is -0.439. The number of amides is 1. The highest BCUT2D eigenvalue weighted by Crippen LogP contribution is 2.26. The smallest absolute Gasteiger partial charge is 0.274 e. The zero-order chi connectivity index (χ0) is 15.3. The van der Waals surface area contributed by atoms with Crippen LogP contribution in [-0.4, -0.2) is 23.4 Å². The van der Waals surface area contributed by atoms with E-state index in [-0.39, 0.29) is 17.6 Å². The van der Waals surface area contributed by atoms with E-state index in [0.29, 0.717) is 17.7 Å². The molecule has 0 aromatic heterocycles. The largest absolute Gasteiger partial charge is 0.326 e. The number of anilines is 1. The molecule has 1 aromatic carbocycles. The van der Waals surface area contributed by atoms with Crippen LogP contribution in [0.15, 0.2) is 12.1 Å². The minimum absolute atomic E-state index is 0.0191. The molecule has 0 aliphatic carbocycles. The van der Waals surface area contributed by atoms with Gasteiger partial charge in [0, 0.05) is 24.1 Å². The Morgan fingerprint density at radius 1 is 1.35 bits per heavy atom. The number of hydrogen-bond acceptors (Lipinski definition) is 4. The summed E-state index contributed by atoms with van der Waals surface area (Å²) in [5.74, 6) is -0.153. The second kappa shape index (κ2) is 7.00. The van der Waals surface area contributed by atoms with Gasteiger partial charge in [-0.05, 0) is 38.9 Å². The minimum Gasteiger partial charge on any atom is -0.326 e. The molecule has 0 saturated heterocycles. The van der Waals surface area contributed by atoms with Crippen LogP contribution in [0.2, 0.25) is 0 Å². The number of rotatable bonds is 6. The van der Waals surface area contributed by atoms with Crippen molar-refractivity contribution >= 4 is 17.3 Å². The molecule has 0 saturated carbocycles. The number of nitro benzene ring substituents is 1. The van der Waals surface area contributed by atoms with E-state index < -0.39 is 4.92 Å². The maximum absolute atomic E-state index is 11.9. The molecule has 0 heterocycles. The first-order valence-electron chi connectivity index (χ1n) is 6.64. The van der Waals surface area contributed by atoms with Crippen molar-refractivity contribution in [3.63, 3.8) is 0 Å². The Morgan fingerprint density at radius 2 is 2.00 bits per heavy atom. The van der Waals surface area contributed by atoms with E-state index in [1.54, 1.807) is 13.0 Å². The third-order valence-corrected chi connectivity index (χ3v) is 3.06. The second-order valence-electron chi connectivity index (χ2n) is 4.92. The van der Waals surface area contributed by atoms with Crippen LogP contribution in [0.1, 0.15) is 31.4 Å². The highest BCUT2D eigenvalue weighted by molar-refractivity contribution is 5.92. The zero-order valence-electron chi connectivity index (χ0n) is 12.3. The molecule has 0 radical (unpaired) electrons. The van der Waals surface area contributed by atoms with Crippen molar-refractivity contribution in [2.75, 3.05) is 11.9 Å². The summed E-state index contributed by atoms with van der Waals surface area (Å²) in [5, 5.41) is 16.8. The molecule has 20 heavy (non-hydrogen) atoms. The van der Waals surface area contributed by atoms with Crippen molar-refractivity contribution in [2.45, 2.75) is 40.2 Å². The Bertz CT molecular complexity index is 515. The maximum Gasteiger partial charge on any atom is 0.274 e. The molecule has 6 heteroatoms. The summed E-state index contributed by atoms with van der Waals surface area (Å²) >= 11 is 0. The van der Waals surface area contributed by atoms with Gasteiger partial charge in [0.25, 0.3) is 5.69 Å². The molecular formula is C14H21N3O3. The van der Waals surface area contributed by atoms with Gasteiger partial charge in [-0.25, -0.2) is 0 Å². The standard InChI is InChI=1S/C14H21N3O3/c1-5-15-11(4)7-14(18)16-12-8-13(17(19)20)10(3)6-9(12)2/h6,8,11,15H,5,7H2,1-4H3,(H,16,18). The van der Waals surface area contributed by atoms with Crippen LogP contribution in [0.25, 0.3) is 0 Å². The van der Waals surface area contributed by atoms with Gasteiger partial charge in [0.2, 0.25) is 5.91 Å². The predicted octanol–water partition coefficient (Wildman–Crippen LogP) is 2.54. The van der Waals surface area contributed by atoms with Gasteiger partial charge in [0.05, 0.1) is 10.6 Å². The van der Waals surface area contributed by atoms with Crippen molar-refractivity contribution < 1.29 is 9.72 Å². The highest BCUT2D eigenvalue weighted by Gasteiger charge is 2.15. The van der Waals surface area contributed by atoms with Crippen LogP contribution in [0.5, 0.6) is 0 Å². The lowest BCUT2D eigenvalue weighted by molar-refractivity contribution is -0.385. The fraction of sp³-hybridized carbons (Fsp3) is 0.500. The lowest BCUT2D eigenvalue weighted by atomic mass is 10.1. The number of nitro groups is 1.